The Labute approximate surface area is 105 Å². The van der Waals surface area contributed by atoms with E-state index >= 15 is 0 Å². The molecule has 18 heavy (non-hydrogen) atoms. The maximum absolute atomic E-state index is 12.4. The molecule has 1 aliphatic heterocycles. The predicted octanol–water partition coefficient (Wildman–Crippen LogP) is 1.83. The third kappa shape index (κ3) is 1.96. The molecule has 1 saturated heterocycles. The number of nitrogens with one attached hydrogen (secondary N) is 1. The van der Waals surface area contributed by atoms with Crippen LogP contribution in [0.4, 0.5) is 0 Å². The third-order valence-corrected chi connectivity index (χ3v) is 3.46. The first-order chi connectivity index (χ1) is 8.74. The first-order valence-corrected chi connectivity index (χ1v) is 6.32. The number of hydrogen-bond acceptors (Lipinski definition) is 3. The van der Waals surface area contributed by atoms with E-state index in [9.17, 15) is 4.79 Å². The minimum atomic E-state index is 0.0746. The van der Waals surface area contributed by atoms with Crippen LogP contribution < -0.4 is 0 Å². The predicted molar refractivity (Wildman–Crippen MR) is 68.2 cm³/mol. The maximum atomic E-state index is 12.4. The molecule has 0 bridgehead atoms. The molecule has 1 N–H and O–H groups in total. The fourth-order valence-electron chi connectivity index (χ4n) is 2.50. The molecule has 2 aromatic heterocycles. The summed E-state index contributed by atoms with van der Waals surface area (Å²) in [6.07, 6.45) is 5.51. The van der Waals surface area contributed by atoms with Crippen molar-refractivity contribution in [3.8, 4) is 0 Å². The molecule has 3 heterocycles. The van der Waals surface area contributed by atoms with Crippen LogP contribution >= 0.6 is 0 Å². The highest BCUT2D eigenvalue weighted by molar-refractivity contribution is 5.96. The van der Waals surface area contributed by atoms with Crippen LogP contribution in [-0.4, -0.2) is 38.8 Å². The number of H-pyrrole nitrogens is 1. The van der Waals surface area contributed by atoms with Gasteiger partial charge in [-0.25, -0.2) is 9.97 Å². The zero-order chi connectivity index (χ0) is 12.5. The Bertz CT molecular complexity index is 577. The lowest BCUT2D eigenvalue weighted by Crippen LogP contribution is -2.39. The van der Waals surface area contributed by atoms with Gasteiger partial charge in [0.05, 0.1) is 17.4 Å². The fourth-order valence-corrected chi connectivity index (χ4v) is 2.50. The maximum Gasteiger partial charge on any atom is 0.255 e. The average molecular weight is 244 g/mol. The summed E-state index contributed by atoms with van der Waals surface area (Å²) in [5.41, 5.74) is 2.10. The first-order valence-electron chi connectivity index (χ1n) is 6.32. The molecule has 0 spiro atoms. The van der Waals surface area contributed by atoms with Crippen molar-refractivity contribution in [3.05, 3.63) is 24.2 Å². The number of hydrogen-bond donors (Lipinski definition) is 1. The van der Waals surface area contributed by atoms with Gasteiger partial charge in [0, 0.05) is 19.3 Å². The molecule has 1 unspecified atom stereocenters. The molecule has 1 fully saturated rings. The third-order valence-electron chi connectivity index (χ3n) is 3.46. The quantitative estimate of drug-likeness (QED) is 0.832. The van der Waals surface area contributed by atoms with Crippen molar-refractivity contribution >= 4 is 17.1 Å². The molecule has 2 aromatic rings. The fraction of sp³-hybridized carbons (Fsp3) is 0.462. The Kier molecular flexibility index (Phi) is 2.74. The Morgan fingerprint density at radius 1 is 1.50 bits per heavy atom. The van der Waals surface area contributed by atoms with E-state index in [1.807, 2.05) is 11.0 Å². The number of nitrogens with zero attached hydrogens (tertiary/aromatic N) is 3. The summed E-state index contributed by atoms with van der Waals surface area (Å²) in [6, 6.07) is 1.83. The number of likely N-dealkylation sites (tertiary alicyclic amines) is 1. The second-order valence-electron chi connectivity index (χ2n) is 5.00. The van der Waals surface area contributed by atoms with E-state index in [-0.39, 0.29) is 5.91 Å². The summed E-state index contributed by atoms with van der Waals surface area (Å²) >= 11 is 0. The standard InChI is InChI=1S/C13H16N4O/c1-9-3-2-4-17(7-9)13(18)10-5-11-12(14-6-10)16-8-15-11/h5-6,8-9H,2-4,7H2,1H3,(H,14,15,16). The van der Waals surface area contributed by atoms with Gasteiger partial charge in [0.1, 0.15) is 0 Å². The van der Waals surface area contributed by atoms with Crippen LogP contribution in [0.3, 0.4) is 0 Å². The van der Waals surface area contributed by atoms with Crippen molar-refractivity contribution in [2.24, 2.45) is 5.92 Å². The lowest BCUT2D eigenvalue weighted by Gasteiger charge is -2.30. The molecular weight excluding hydrogens is 228 g/mol. The van der Waals surface area contributed by atoms with E-state index in [1.54, 1.807) is 12.5 Å². The van der Waals surface area contributed by atoms with Crippen molar-refractivity contribution in [3.63, 3.8) is 0 Å². The smallest absolute Gasteiger partial charge is 0.255 e. The Morgan fingerprint density at radius 2 is 2.39 bits per heavy atom. The van der Waals surface area contributed by atoms with Crippen LogP contribution in [-0.2, 0) is 0 Å². The van der Waals surface area contributed by atoms with Crippen LogP contribution in [0.2, 0.25) is 0 Å². The SMILES string of the molecule is CC1CCCN(C(=O)c2cnc3nc[nH]c3c2)C1. The monoisotopic (exact) mass is 244 g/mol. The number of fused-ring (bicyclic) bond motifs is 1. The molecule has 0 saturated carbocycles. The highest BCUT2D eigenvalue weighted by Gasteiger charge is 2.22. The van der Waals surface area contributed by atoms with Crippen molar-refractivity contribution in [1.82, 2.24) is 19.9 Å². The summed E-state index contributed by atoms with van der Waals surface area (Å²) in [5.74, 6) is 0.664. The minimum Gasteiger partial charge on any atom is -0.343 e. The van der Waals surface area contributed by atoms with Crippen molar-refractivity contribution in [2.45, 2.75) is 19.8 Å². The van der Waals surface area contributed by atoms with Gasteiger partial charge in [0.15, 0.2) is 5.65 Å². The van der Waals surface area contributed by atoms with E-state index in [1.165, 1.54) is 6.42 Å². The molecule has 1 aliphatic rings. The molecule has 0 aliphatic carbocycles. The lowest BCUT2D eigenvalue weighted by atomic mass is 10.00. The van der Waals surface area contributed by atoms with Crippen LogP contribution in [0.5, 0.6) is 0 Å². The topological polar surface area (TPSA) is 61.9 Å². The van der Waals surface area contributed by atoms with Crippen molar-refractivity contribution in [1.29, 1.82) is 0 Å². The number of carbonyl (C=O) groups excluding carboxylic acids is 1. The molecule has 94 valence electrons. The zero-order valence-corrected chi connectivity index (χ0v) is 10.4. The van der Waals surface area contributed by atoms with Crippen LogP contribution in [0.25, 0.3) is 11.2 Å². The number of piperidine rings is 1. The van der Waals surface area contributed by atoms with Gasteiger partial charge in [-0.3, -0.25) is 4.79 Å². The van der Waals surface area contributed by atoms with Gasteiger partial charge in [0.2, 0.25) is 0 Å². The molecule has 1 amide bonds. The van der Waals surface area contributed by atoms with E-state index in [4.69, 9.17) is 0 Å². The largest absolute Gasteiger partial charge is 0.343 e. The number of amides is 1. The van der Waals surface area contributed by atoms with Gasteiger partial charge in [-0.15, -0.1) is 0 Å². The van der Waals surface area contributed by atoms with Gasteiger partial charge in [-0.05, 0) is 24.8 Å². The molecule has 0 aromatic carbocycles. The summed E-state index contributed by atoms with van der Waals surface area (Å²) in [6.45, 7) is 3.89. The molecule has 3 rings (SSSR count). The average Bonchev–Trinajstić information content (AvgIpc) is 2.85. The summed E-state index contributed by atoms with van der Waals surface area (Å²) in [4.78, 5) is 25.5. The molecular formula is C13H16N4O. The Morgan fingerprint density at radius 3 is 3.22 bits per heavy atom. The second-order valence-corrected chi connectivity index (χ2v) is 5.00. The normalized spacial score (nSPS) is 20.3. The van der Waals surface area contributed by atoms with Crippen molar-refractivity contribution in [2.75, 3.05) is 13.1 Å². The zero-order valence-electron chi connectivity index (χ0n) is 10.4. The first kappa shape index (κ1) is 11.2. The molecule has 5 heteroatoms. The van der Waals surface area contributed by atoms with Gasteiger partial charge in [0.25, 0.3) is 5.91 Å². The summed E-state index contributed by atoms with van der Waals surface area (Å²) < 4.78 is 0. The van der Waals surface area contributed by atoms with Crippen molar-refractivity contribution < 1.29 is 4.79 Å². The van der Waals surface area contributed by atoms with E-state index in [0.717, 1.165) is 25.0 Å². The van der Waals surface area contributed by atoms with Crippen LogP contribution in [0.15, 0.2) is 18.6 Å². The Balaban J connectivity index is 1.86. The van der Waals surface area contributed by atoms with E-state index in [2.05, 4.69) is 21.9 Å². The summed E-state index contributed by atoms with van der Waals surface area (Å²) in [7, 11) is 0. The number of imidazole rings is 1. The lowest BCUT2D eigenvalue weighted by molar-refractivity contribution is 0.0683. The molecule has 0 radical (unpaired) electrons. The van der Waals surface area contributed by atoms with Crippen LogP contribution in [0, 0.1) is 5.92 Å². The second kappa shape index (κ2) is 4.40. The summed E-state index contributed by atoms with van der Waals surface area (Å²) in [5, 5.41) is 0. The highest BCUT2D eigenvalue weighted by Crippen LogP contribution is 2.18. The van der Waals surface area contributed by atoms with Gasteiger partial charge < -0.3 is 9.88 Å². The number of aromatic amines is 1. The minimum absolute atomic E-state index is 0.0746. The van der Waals surface area contributed by atoms with Gasteiger partial charge in [-0.2, -0.15) is 0 Å². The highest BCUT2D eigenvalue weighted by atomic mass is 16.2. The number of pyridine rings is 1. The molecule has 1 atom stereocenters. The molecule has 5 nitrogen and oxygen atoms in total. The van der Waals surface area contributed by atoms with Gasteiger partial charge in [-0.1, -0.05) is 6.92 Å². The van der Waals surface area contributed by atoms with Gasteiger partial charge >= 0.3 is 0 Å². The number of carbonyl (C=O) groups is 1. The Hall–Kier alpha value is -1.91. The van der Waals surface area contributed by atoms with E-state index < -0.39 is 0 Å². The number of rotatable bonds is 1. The van der Waals surface area contributed by atoms with Crippen LogP contribution in [0.1, 0.15) is 30.1 Å². The number of aromatic nitrogens is 3. The van der Waals surface area contributed by atoms with E-state index in [0.29, 0.717) is 17.1 Å².